The van der Waals surface area contributed by atoms with Gasteiger partial charge in [0.1, 0.15) is 0 Å². The maximum absolute atomic E-state index is 5.68. The van der Waals surface area contributed by atoms with E-state index in [4.69, 9.17) is 15.0 Å². The molecule has 0 saturated carbocycles. The lowest BCUT2D eigenvalue weighted by Gasteiger charge is -1.99. The first-order chi connectivity index (χ1) is 9.74. The van der Waals surface area contributed by atoms with Crippen molar-refractivity contribution in [1.82, 2.24) is 15.1 Å². The molecule has 6 nitrogen and oxygen atoms in total. The number of ether oxygens (including phenoxy) is 1. The molecule has 0 aromatic carbocycles. The van der Waals surface area contributed by atoms with Gasteiger partial charge in [0.2, 0.25) is 5.88 Å². The van der Waals surface area contributed by atoms with E-state index in [1.165, 1.54) is 11.3 Å². The molecule has 102 valence electrons. The highest BCUT2D eigenvalue weighted by atomic mass is 32.1. The van der Waals surface area contributed by atoms with Crippen molar-refractivity contribution in [3.63, 3.8) is 0 Å². The standard InChI is InChI=1S/C13H12N4O2S/c1-18-12-5-2-8(7-15-12)6-11-16-13(19-17-11)9-3-4-10(14)20-9/h2-5,7H,6,14H2,1H3. The maximum Gasteiger partial charge on any atom is 0.268 e. The molecular formula is C13H12N4O2S. The number of hydrogen-bond donors (Lipinski definition) is 1. The van der Waals surface area contributed by atoms with Crippen LogP contribution in [0.3, 0.4) is 0 Å². The quantitative estimate of drug-likeness (QED) is 0.793. The summed E-state index contributed by atoms with van der Waals surface area (Å²) in [5.74, 6) is 1.68. The molecule has 2 N–H and O–H groups in total. The van der Waals surface area contributed by atoms with Crippen molar-refractivity contribution in [2.24, 2.45) is 0 Å². The summed E-state index contributed by atoms with van der Waals surface area (Å²) >= 11 is 1.42. The normalized spacial score (nSPS) is 10.7. The number of anilines is 1. The van der Waals surface area contributed by atoms with Gasteiger partial charge < -0.3 is 15.0 Å². The number of nitrogens with zero attached hydrogens (tertiary/aromatic N) is 3. The third-order valence-electron chi connectivity index (χ3n) is 2.67. The Hall–Kier alpha value is -2.41. The molecule has 3 rings (SSSR count). The van der Waals surface area contributed by atoms with E-state index in [9.17, 15) is 0 Å². The number of nitrogen functional groups attached to an aromatic ring is 1. The third kappa shape index (κ3) is 2.62. The van der Waals surface area contributed by atoms with Gasteiger partial charge in [0.25, 0.3) is 5.89 Å². The monoisotopic (exact) mass is 288 g/mol. The van der Waals surface area contributed by atoms with Gasteiger partial charge in [-0.2, -0.15) is 4.98 Å². The molecule has 3 heterocycles. The largest absolute Gasteiger partial charge is 0.481 e. The van der Waals surface area contributed by atoms with Crippen molar-refractivity contribution >= 4 is 16.3 Å². The van der Waals surface area contributed by atoms with E-state index in [1.54, 1.807) is 19.4 Å². The summed E-state index contributed by atoms with van der Waals surface area (Å²) in [4.78, 5) is 9.36. The van der Waals surface area contributed by atoms with Gasteiger partial charge in [-0.3, -0.25) is 0 Å². The molecule has 20 heavy (non-hydrogen) atoms. The molecule has 0 atom stereocenters. The molecule has 0 spiro atoms. The molecule has 3 aromatic rings. The van der Waals surface area contributed by atoms with E-state index in [-0.39, 0.29) is 0 Å². The zero-order chi connectivity index (χ0) is 13.9. The fourth-order valence-corrected chi connectivity index (χ4v) is 2.41. The lowest BCUT2D eigenvalue weighted by Crippen LogP contribution is -1.93. The molecular weight excluding hydrogens is 276 g/mol. The second-order valence-corrected chi connectivity index (χ2v) is 5.22. The Morgan fingerprint density at radius 2 is 2.20 bits per heavy atom. The van der Waals surface area contributed by atoms with Crippen LogP contribution in [0, 0.1) is 0 Å². The lowest BCUT2D eigenvalue weighted by molar-refractivity contribution is 0.397. The fraction of sp³-hybridized carbons (Fsp3) is 0.154. The minimum Gasteiger partial charge on any atom is -0.481 e. The molecule has 0 bridgehead atoms. The van der Waals surface area contributed by atoms with Gasteiger partial charge in [0.05, 0.1) is 17.0 Å². The van der Waals surface area contributed by atoms with Crippen molar-refractivity contribution in [2.75, 3.05) is 12.8 Å². The van der Waals surface area contributed by atoms with Crippen LogP contribution in [0.5, 0.6) is 5.88 Å². The number of aromatic nitrogens is 3. The van der Waals surface area contributed by atoms with Gasteiger partial charge in [0, 0.05) is 18.7 Å². The molecule has 0 fully saturated rings. The predicted octanol–water partition coefficient (Wildman–Crippen LogP) is 2.37. The van der Waals surface area contributed by atoms with Crippen molar-refractivity contribution in [3.8, 4) is 16.6 Å². The first kappa shape index (κ1) is 12.6. The van der Waals surface area contributed by atoms with Gasteiger partial charge in [-0.05, 0) is 17.7 Å². The van der Waals surface area contributed by atoms with E-state index in [0.717, 1.165) is 15.4 Å². The van der Waals surface area contributed by atoms with Crippen LogP contribution in [-0.2, 0) is 6.42 Å². The Balaban J connectivity index is 1.76. The average molecular weight is 288 g/mol. The Labute approximate surface area is 119 Å². The van der Waals surface area contributed by atoms with Gasteiger partial charge in [-0.15, -0.1) is 11.3 Å². The molecule has 0 aliphatic heterocycles. The van der Waals surface area contributed by atoms with E-state index >= 15 is 0 Å². The van der Waals surface area contributed by atoms with Crippen LogP contribution in [-0.4, -0.2) is 22.2 Å². The van der Waals surface area contributed by atoms with E-state index in [0.29, 0.717) is 24.0 Å². The first-order valence-corrected chi connectivity index (χ1v) is 6.73. The minimum atomic E-state index is 0.489. The second-order valence-electron chi connectivity index (χ2n) is 4.10. The summed E-state index contributed by atoms with van der Waals surface area (Å²) < 4.78 is 10.2. The maximum atomic E-state index is 5.68. The van der Waals surface area contributed by atoms with E-state index in [2.05, 4.69) is 15.1 Å². The number of thiophene rings is 1. The molecule has 0 unspecified atom stereocenters. The summed E-state index contributed by atoms with van der Waals surface area (Å²) in [6, 6.07) is 7.41. The van der Waals surface area contributed by atoms with Crippen LogP contribution in [0.1, 0.15) is 11.4 Å². The van der Waals surface area contributed by atoms with Gasteiger partial charge in [-0.1, -0.05) is 11.2 Å². The van der Waals surface area contributed by atoms with Crippen LogP contribution in [0.15, 0.2) is 35.0 Å². The summed E-state index contributed by atoms with van der Waals surface area (Å²) in [6.45, 7) is 0. The molecule has 0 saturated heterocycles. The summed E-state index contributed by atoms with van der Waals surface area (Å²) in [5.41, 5.74) is 6.67. The van der Waals surface area contributed by atoms with Gasteiger partial charge >= 0.3 is 0 Å². The van der Waals surface area contributed by atoms with Crippen LogP contribution in [0.2, 0.25) is 0 Å². The molecule has 0 aliphatic rings. The highest BCUT2D eigenvalue weighted by Gasteiger charge is 2.11. The Kier molecular flexibility index (Phi) is 3.34. The smallest absolute Gasteiger partial charge is 0.268 e. The SMILES string of the molecule is COc1ccc(Cc2noc(-c3ccc(N)s3)n2)cn1. The molecule has 0 aliphatic carbocycles. The first-order valence-electron chi connectivity index (χ1n) is 5.92. The van der Waals surface area contributed by atoms with E-state index in [1.807, 2.05) is 18.2 Å². The molecule has 0 radical (unpaired) electrons. The van der Waals surface area contributed by atoms with E-state index < -0.39 is 0 Å². The fourth-order valence-electron chi connectivity index (χ4n) is 1.71. The highest BCUT2D eigenvalue weighted by Crippen LogP contribution is 2.28. The second kappa shape index (κ2) is 5.30. The van der Waals surface area contributed by atoms with Crippen molar-refractivity contribution in [3.05, 3.63) is 41.9 Å². The predicted molar refractivity (Wildman–Crippen MR) is 75.6 cm³/mol. The van der Waals surface area contributed by atoms with Gasteiger partial charge in [0.15, 0.2) is 5.82 Å². The summed E-state index contributed by atoms with van der Waals surface area (Å²) in [5, 5.41) is 4.68. The van der Waals surface area contributed by atoms with Crippen LogP contribution in [0.4, 0.5) is 5.00 Å². The highest BCUT2D eigenvalue weighted by molar-refractivity contribution is 7.19. The lowest BCUT2D eigenvalue weighted by atomic mass is 10.2. The molecule has 3 aromatic heterocycles. The van der Waals surface area contributed by atoms with Crippen molar-refractivity contribution in [2.45, 2.75) is 6.42 Å². The third-order valence-corrected chi connectivity index (χ3v) is 3.58. The van der Waals surface area contributed by atoms with Crippen molar-refractivity contribution < 1.29 is 9.26 Å². The number of methoxy groups -OCH3 is 1. The summed E-state index contributed by atoms with van der Waals surface area (Å²) in [7, 11) is 1.58. The van der Waals surface area contributed by atoms with Crippen LogP contribution in [0.25, 0.3) is 10.8 Å². The molecule has 0 amide bonds. The Bertz CT molecular complexity index is 705. The Morgan fingerprint density at radius 3 is 2.85 bits per heavy atom. The van der Waals surface area contributed by atoms with Crippen LogP contribution >= 0.6 is 11.3 Å². The average Bonchev–Trinajstić information content (AvgIpc) is 3.09. The van der Waals surface area contributed by atoms with Gasteiger partial charge in [-0.25, -0.2) is 4.98 Å². The number of rotatable bonds is 4. The number of pyridine rings is 1. The number of nitrogens with two attached hydrogens (primary N) is 1. The summed E-state index contributed by atoms with van der Waals surface area (Å²) in [6.07, 6.45) is 2.29. The topological polar surface area (TPSA) is 87.1 Å². The minimum absolute atomic E-state index is 0.489. The Morgan fingerprint density at radius 1 is 1.30 bits per heavy atom. The zero-order valence-corrected chi connectivity index (χ0v) is 11.6. The zero-order valence-electron chi connectivity index (χ0n) is 10.7. The number of hydrogen-bond acceptors (Lipinski definition) is 7. The molecule has 7 heteroatoms. The van der Waals surface area contributed by atoms with Crippen LogP contribution < -0.4 is 10.5 Å². The van der Waals surface area contributed by atoms with Crippen molar-refractivity contribution in [1.29, 1.82) is 0 Å².